The van der Waals surface area contributed by atoms with E-state index < -0.39 is 16.2 Å². The van der Waals surface area contributed by atoms with Gasteiger partial charge in [-0.3, -0.25) is 4.84 Å². The summed E-state index contributed by atoms with van der Waals surface area (Å²) in [6.45, 7) is 0.227. The number of rotatable bonds is 4. The SMILES string of the molecule is CN1O[C@@H](c2ccccc2)CN(S(=O)(=O)c2ccccc2)[C@H]1c1ccccc1. The molecule has 3 aromatic carbocycles. The summed E-state index contributed by atoms with van der Waals surface area (Å²) >= 11 is 0. The first-order valence-electron chi connectivity index (χ1n) is 9.14. The van der Waals surface area contributed by atoms with Crippen LogP contribution in [0.15, 0.2) is 95.9 Å². The lowest BCUT2D eigenvalue weighted by Crippen LogP contribution is -2.50. The molecule has 1 heterocycles. The Bertz CT molecular complexity index is 1010. The zero-order chi connectivity index (χ0) is 19.6. The maximum atomic E-state index is 13.5. The van der Waals surface area contributed by atoms with E-state index in [1.807, 2.05) is 66.7 Å². The number of hydroxylamine groups is 2. The number of sulfonamides is 1. The summed E-state index contributed by atoms with van der Waals surface area (Å²) < 4.78 is 28.6. The van der Waals surface area contributed by atoms with Crippen LogP contribution in [0.4, 0.5) is 0 Å². The molecule has 0 unspecified atom stereocenters. The van der Waals surface area contributed by atoms with Gasteiger partial charge in [-0.2, -0.15) is 9.37 Å². The van der Waals surface area contributed by atoms with E-state index in [1.54, 1.807) is 36.4 Å². The van der Waals surface area contributed by atoms with Crippen molar-refractivity contribution < 1.29 is 13.3 Å². The van der Waals surface area contributed by atoms with E-state index >= 15 is 0 Å². The predicted octanol–water partition coefficient (Wildman–Crippen LogP) is 3.99. The van der Waals surface area contributed by atoms with Gasteiger partial charge in [0.2, 0.25) is 10.0 Å². The van der Waals surface area contributed by atoms with Crippen molar-refractivity contribution in [2.24, 2.45) is 0 Å². The van der Waals surface area contributed by atoms with Gasteiger partial charge in [0.25, 0.3) is 0 Å². The van der Waals surface area contributed by atoms with Gasteiger partial charge in [-0.25, -0.2) is 8.42 Å². The summed E-state index contributed by atoms with van der Waals surface area (Å²) in [4.78, 5) is 6.40. The van der Waals surface area contributed by atoms with E-state index in [-0.39, 0.29) is 17.5 Å². The van der Waals surface area contributed by atoms with Crippen molar-refractivity contribution in [1.29, 1.82) is 0 Å². The highest BCUT2D eigenvalue weighted by Gasteiger charge is 2.42. The zero-order valence-corrected chi connectivity index (χ0v) is 16.4. The van der Waals surface area contributed by atoms with E-state index in [0.29, 0.717) is 0 Å². The lowest BCUT2D eigenvalue weighted by Gasteiger charge is -2.44. The van der Waals surface area contributed by atoms with Crippen molar-refractivity contribution in [2.75, 3.05) is 13.6 Å². The van der Waals surface area contributed by atoms with Crippen LogP contribution in [-0.4, -0.2) is 31.4 Å². The number of benzene rings is 3. The second kappa shape index (κ2) is 7.85. The fraction of sp³-hybridized carbons (Fsp3) is 0.182. The standard InChI is InChI=1S/C22H22N2O3S/c1-23-22(19-13-7-3-8-14-19)24(28(25,26)20-15-9-4-10-16-20)17-21(27-23)18-11-5-2-6-12-18/h2-16,21-22H,17H2,1H3/t21-,22+/m1/s1. The van der Waals surface area contributed by atoms with Crippen molar-refractivity contribution in [1.82, 2.24) is 9.37 Å². The number of hydrogen-bond donors (Lipinski definition) is 0. The molecule has 0 aromatic heterocycles. The first-order chi connectivity index (χ1) is 13.6. The number of nitrogens with zero attached hydrogens (tertiary/aromatic N) is 2. The summed E-state index contributed by atoms with van der Waals surface area (Å²) in [5, 5.41) is 1.64. The molecular weight excluding hydrogens is 372 g/mol. The molecule has 3 aromatic rings. The average Bonchev–Trinajstić information content (AvgIpc) is 2.75. The van der Waals surface area contributed by atoms with E-state index in [4.69, 9.17) is 4.84 Å². The Morgan fingerprint density at radius 2 is 1.29 bits per heavy atom. The van der Waals surface area contributed by atoms with Crippen LogP contribution >= 0.6 is 0 Å². The highest BCUT2D eigenvalue weighted by atomic mass is 32.2. The fourth-order valence-electron chi connectivity index (χ4n) is 3.53. The minimum atomic E-state index is -3.72. The normalized spacial score (nSPS) is 21.5. The van der Waals surface area contributed by atoms with Crippen LogP contribution in [0.1, 0.15) is 23.4 Å². The van der Waals surface area contributed by atoms with Gasteiger partial charge in [0.15, 0.2) is 0 Å². The van der Waals surface area contributed by atoms with Crippen LogP contribution < -0.4 is 0 Å². The Kier molecular flexibility index (Phi) is 5.28. The van der Waals surface area contributed by atoms with Gasteiger partial charge in [0, 0.05) is 13.6 Å². The van der Waals surface area contributed by atoms with Gasteiger partial charge in [-0.15, -0.1) is 0 Å². The van der Waals surface area contributed by atoms with Gasteiger partial charge in [0.1, 0.15) is 12.3 Å². The molecule has 0 amide bonds. The van der Waals surface area contributed by atoms with Crippen LogP contribution in [0.2, 0.25) is 0 Å². The molecule has 1 aliphatic heterocycles. The molecule has 1 fully saturated rings. The molecule has 4 rings (SSSR count). The Morgan fingerprint density at radius 1 is 0.786 bits per heavy atom. The van der Waals surface area contributed by atoms with Crippen molar-refractivity contribution in [2.45, 2.75) is 17.2 Å². The first-order valence-corrected chi connectivity index (χ1v) is 10.6. The Labute approximate surface area is 165 Å². The monoisotopic (exact) mass is 394 g/mol. The van der Waals surface area contributed by atoms with Crippen LogP contribution in [0.25, 0.3) is 0 Å². The Hall–Kier alpha value is -2.51. The van der Waals surface area contributed by atoms with Gasteiger partial charge < -0.3 is 0 Å². The maximum absolute atomic E-state index is 13.5. The topological polar surface area (TPSA) is 49.9 Å². The quantitative estimate of drug-likeness (QED) is 0.671. The lowest BCUT2D eigenvalue weighted by atomic mass is 10.1. The van der Waals surface area contributed by atoms with E-state index in [1.165, 1.54) is 4.31 Å². The van der Waals surface area contributed by atoms with Crippen molar-refractivity contribution in [3.05, 3.63) is 102 Å². The molecule has 1 saturated heterocycles. The number of hydrogen-bond acceptors (Lipinski definition) is 4. The van der Waals surface area contributed by atoms with Crippen LogP contribution in [0.3, 0.4) is 0 Å². The molecule has 5 nitrogen and oxygen atoms in total. The van der Waals surface area contributed by atoms with Crippen molar-refractivity contribution in [3.8, 4) is 0 Å². The molecule has 0 spiro atoms. The molecule has 0 saturated carbocycles. The molecule has 6 heteroatoms. The smallest absolute Gasteiger partial charge is 0.244 e. The zero-order valence-electron chi connectivity index (χ0n) is 15.5. The maximum Gasteiger partial charge on any atom is 0.244 e. The fourth-order valence-corrected chi connectivity index (χ4v) is 5.15. The summed E-state index contributed by atoms with van der Waals surface area (Å²) in [5.41, 5.74) is 1.80. The highest BCUT2D eigenvalue weighted by molar-refractivity contribution is 7.89. The molecule has 0 bridgehead atoms. The Balaban J connectivity index is 1.78. The van der Waals surface area contributed by atoms with Gasteiger partial charge in [0.05, 0.1) is 4.90 Å². The molecule has 1 aliphatic rings. The molecule has 144 valence electrons. The van der Waals surface area contributed by atoms with E-state index in [9.17, 15) is 8.42 Å². The molecule has 2 atom stereocenters. The van der Waals surface area contributed by atoms with E-state index in [2.05, 4.69) is 0 Å². The Morgan fingerprint density at radius 3 is 1.86 bits per heavy atom. The van der Waals surface area contributed by atoms with Crippen LogP contribution in [0, 0.1) is 0 Å². The largest absolute Gasteiger partial charge is 0.288 e. The highest BCUT2D eigenvalue weighted by Crippen LogP contribution is 2.38. The summed E-state index contributed by atoms with van der Waals surface area (Å²) in [7, 11) is -1.94. The van der Waals surface area contributed by atoms with E-state index in [0.717, 1.165) is 11.1 Å². The molecule has 0 aliphatic carbocycles. The summed E-state index contributed by atoms with van der Waals surface area (Å²) in [6, 6.07) is 27.8. The van der Waals surface area contributed by atoms with Gasteiger partial charge in [-0.1, -0.05) is 78.9 Å². The third-order valence-corrected chi connectivity index (χ3v) is 6.71. The minimum Gasteiger partial charge on any atom is -0.288 e. The first kappa shape index (κ1) is 18.8. The molecular formula is C22H22N2O3S. The molecule has 0 N–H and O–H groups in total. The molecule has 28 heavy (non-hydrogen) atoms. The van der Waals surface area contributed by atoms with Crippen LogP contribution in [-0.2, 0) is 14.9 Å². The second-order valence-electron chi connectivity index (χ2n) is 6.72. The van der Waals surface area contributed by atoms with Crippen molar-refractivity contribution in [3.63, 3.8) is 0 Å². The predicted molar refractivity (Wildman–Crippen MR) is 108 cm³/mol. The third kappa shape index (κ3) is 3.59. The summed E-state index contributed by atoms with van der Waals surface area (Å²) in [6.07, 6.45) is -0.934. The molecule has 0 radical (unpaired) electrons. The lowest BCUT2D eigenvalue weighted by molar-refractivity contribution is -0.265. The van der Waals surface area contributed by atoms with Gasteiger partial charge in [-0.05, 0) is 23.3 Å². The van der Waals surface area contributed by atoms with Crippen LogP contribution in [0.5, 0.6) is 0 Å². The third-order valence-electron chi connectivity index (χ3n) is 4.88. The minimum absolute atomic E-state index is 0.227. The average molecular weight is 394 g/mol. The van der Waals surface area contributed by atoms with Gasteiger partial charge >= 0.3 is 0 Å². The van der Waals surface area contributed by atoms with Crippen molar-refractivity contribution >= 4 is 10.0 Å². The second-order valence-corrected chi connectivity index (χ2v) is 8.61. The summed E-state index contributed by atoms with van der Waals surface area (Å²) in [5.74, 6) is 0.